The van der Waals surface area contributed by atoms with Crippen molar-refractivity contribution >= 4 is 35.8 Å². The molecule has 2 N–H and O–H groups in total. The zero-order valence-electron chi connectivity index (χ0n) is 18.6. The molecule has 0 aliphatic carbocycles. The number of carbonyl (C=O) groups excluding carboxylic acids is 1. The van der Waals surface area contributed by atoms with Gasteiger partial charge in [0, 0.05) is 26.7 Å². The Morgan fingerprint density at radius 3 is 2.45 bits per heavy atom. The Hall–Kier alpha value is -2.49. The highest BCUT2D eigenvalue weighted by molar-refractivity contribution is 14.0. The van der Waals surface area contributed by atoms with Gasteiger partial charge in [-0.2, -0.15) is 0 Å². The van der Waals surface area contributed by atoms with E-state index >= 15 is 0 Å². The van der Waals surface area contributed by atoms with Gasteiger partial charge >= 0.3 is 0 Å². The number of rotatable bonds is 10. The Labute approximate surface area is 202 Å². The van der Waals surface area contributed by atoms with Crippen molar-refractivity contribution in [3.05, 3.63) is 60.2 Å². The van der Waals surface area contributed by atoms with Gasteiger partial charge in [-0.3, -0.25) is 4.79 Å². The lowest BCUT2D eigenvalue weighted by Crippen LogP contribution is -2.43. The number of methoxy groups -OCH3 is 1. The average molecular weight is 540 g/mol. The Morgan fingerprint density at radius 2 is 1.77 bits per heavy atom. The van der Waals surface area contributed by atoms with E-state index in [1.54, 1.807) is 21.2 Å². The zero-order valence-corrected chi connectivity index (χ0v) is 21.0. The Bertz CT molecular complexity index is 815. The standard InChI is InChI=1S/C23H32N4O3.HI/c1-18(30-21-12-8-11-20(15-21)29-4)16-25-23(26-17-22(28)27(2)3)24-14-13-19-9-6-5-7-10-19;/h5-12,15,18H,13-14,16-17H2,1-4H3,(H2,24,25,26);1H. The van der Waals surface area contributed by atoms with E-state index in [1.165, 1.54) is 10.5 Å². The summed E-state index contributed by atoms with van der Waals surface area (Å²) in [6.07, 6.45) is 0.752. The number of guanidine groups is 1. The van der Waals surface area contributed by atoms with Crippen molar-refractivity contribution < 1.29 is 14.3 Å². The van der Waals surface area contributed by atoms with E-state index in [4.69, 9.17) is 9.47 Å². The van der Waals surface area contributed by atoms with Crippen LogP contribution in [0.3, 0.4) is 0 Å². The van der Waals surface area contributed by atoms with Gasteiger partial charge in [0.2, 0.25) is 5.91 Å². The van der Waals surface area contributed by atoms with Crippen molar-refractivity contribution in [2.75, 3.05) is 40.8 Å². The average Bonchev–Trinajstić information content (AvgIpc) is 2.75. The molecule has 0 aromatic heterocycles. The monoisotopic (exact) mass is 540 g/mol. The molecule has 2 aromatic carbocycles. The van der Waals surface area contributed by atoms with Gasteiger partial charge in [-0.25, -0.2) is 4.99 Å². The van der Waals surface area contributed by atoms with E-state index in [0.717, 1.165) is 17.9 Å². The van der Waals surface area contributed by atoms with Crippen molar-refractivity contribution in [2.45, 2.75) is 19.4 Å². The van der Waals surface area contributed by atoms with E-state index < -0.39 is 0 Å². The molecule has 0 bridgehead atoms. The molecule has 0 aliphatic rings. The van der Waals surface area contributed by atoms with Crippen LogP contribution in [0.15, 0.2) is 59.6 Å². The number of nitrogens with zero attached hydrogens (tertiary/aromatic N) is 2. The summed E-state index contributed by atoms with van der Waals surface area (Å²) in [5, 5.41) is 6.55. The van der Waals surface area contributed by atoms with Crippen LogP contribution in [0.4, 0.5) is 0 Å². The molecule has 0 aliphatic heterocycles. The number of halogens is 1. The molecular weight excluding hydrogens is 507 g/mol. The van der Waals surface area contributed by atoms with E-state index in [9.17, 15) is 4.79 Å². The highest BCUT2D eigenvalue weighted by Gasteiger charge is 2.08. The molecule has 0 heterocycles. The molecule has 0 saturated carbocycles. The number of hydrogen-bond acceptors (Lipinski definition) is 4. The summed E-state index contributed by atoms with van der Waals surface area (Å²) in [7, 11) is 5.07. The first-order chi connectivity index (χ1) is 14.5. The van der Waals surface area contributed by atoms with Crippen LogP contribution in [0.25, 0.3) is 0 Å². The lowest BCUT2D eigenvalue weighted by atomic mass is 10.1. The molecule has 1 atom stereocenters. The van der Waals surface area contributed by atoms with E-state index in [1.807, 2.05) is 49.4 Å². The molecule has 2 rings (SSSR count). The van der Waals surface area contributed by atoms with Crippen LogP contribution in [0.1, 0.15) is 12.5 Å². The van der Waals surface area contributed by atoms with Crippen LogP contribution in [-0.2, 0) is 11.2 Å². The fourth-order valence-electron chi connectivity index (χ4n) is 2.62. The molecule has 0 saturated heterocycles. The third-order valence-electron chi connectivity index (χ3n) is 4.36. The summed E-state index contributed by atoms with van der Waals surface area (Å²) in [5.74, 6) is 2.02. The number of benzene rings is 2. The summed E-state index contributed by atoms with van der Waals surface area (Å²) >= 11 is 0. The first-order valence-corrected chi connectivity index (χ1v) is 10.0. The van der Waals surface area contributed by atoms with E-state index in [2.05, 4.69) is 27.8 Å². The predicted molar refractivity (Wildman–Crippen MR) is 136 cm³/mol. The Kier molecular flexibility index (Phi) is 12.4. The minimum Gasteiger partial charge on any atom is -0.497 e. The quantitative estimate of drug-likeness (QED) is 0.276. The largest absolute Gasteiger partial charge is 0.497 e. The number of carbonyl (C=O) groups is 1. The molecular formula is C23H33IN4O3. The van der Waals surface area contributed by atoms with Crippen molar-refractivity contribution in [3.8, 4) is 11.5 Å². The van der Waals surface area contributed by atoms with Gasteiger partial charge < -0.3 is 25.0 Å². The van der Waals surface area contributed by atoms with Crippen molar-refractivity contribution in [2.24, 2.45) is 4.99 Å². The zero-order chi connectivity index (χ0) is 21.8. The fraction of sp³-hybridized carbons (Fsp3) is 0.391. The van der Waals surface area contributed by atoms with Crippen LogP contribution in [0.5, 0.6) is 11.5 Å². The molecule has 31 heavy (non-hydrogen) atoms. The minimum atomic E-state index is -0.109. The van der Waals surface area contributed by atoms with Gasteiger partial charge in [-0.05, 0) is 31.0 Å². The highest BCUT2D eigenvalue weighted by Crippen LogP contribution is 2.19. The second-order valence-electron chi connectivity index (χ2n) is 7.10. The number of aliphatic imine (C=N–C) groups is 1. The summed E-state index contributed by atoms with van der Waals surface area (Å²) in [6.45, 7) is 3.29. The number of ether oxygens (including phenoxy) is 2. The molecule has 8 heteroatoms. The SMILES string of the molecule is COc1cccc(OC(C)CNC(=NCC(=O)N(C)C)NCCc2ccccc2)c1.I. The van der Waals surface area contributed by atoms with Gasteiger partial charge in [0.1, 0.15) is 24.1 Å². The summed E-state index contributed by atoms with van der Waals surface area (Å²) in [5.41, 5.74) is 1.24. The van der Waals surface area contributed by atoms with Gasteiger partial charge in [0.25, 0.3) is 0 Å². The lowest BCUT2D eigenvalue weighted by Gasteiger charge is -2.18. The van der Waals surface area contributed by atoms with Crippen LogP contribution in [-0.4, -0.2) is 63.7 Å². The molecule has 1 amide bonds. The van der Waals surface area contributed by atoms with Crippen LogP contribution in [0, 0.1) is 0 Å². The van der Waals surface area contributed by atoms with Gasteiger partial charge in [-0.15, -0.1) is 24.0 Å². The fourth-order valence-corrected chi connectivity index (χ4v) is 2.62. The highest BCUT2D eigenvalue weighted by atomic mass is 127. The maximum atomic E-state index is 11.9. The Morgan fingerprint density at radius 1 is 1.06 bits per heavy atom. The van der Waals surface area contributed by atoms with E-state index in [0.29, 0.717) is 19.0 Å². The first kappa shape index (κ1) is 26.5. The van der Waals surface area contributed by atoms with Crippen LogP contribution >= 0.6 is 24.0 Å². The number of nitrogens with one attached hydrogen (secondary N) is 2. The van der Waals surface area contributed by atoms with Gasteiger partial charge in [-0.1, -0.05) is 36.4 Å². The third-order valence-corrected chi connectivity index (χ3v) is 4.36. The number of hydrogen-bond donors (Lipinski definition) is 2. The maximum absolute atomic E-state index is 11.9. The minimum absolute atomic E-state index is 0. The maximum Gasteiger partial charge on any atom is 0.243 e. The molecule has 2 aromatic rings. The summed E-state index contributed by atoms with van der Waals surface area (Å²) in [4.78, 5) is 17.8. The van der Waals surface area contributed by atoms with E-state index in [-0.39, 0.29) is 42.5 Å². The second-order valence-corrected chi connectivity index (χ2v) is 7.10. The molecule has 0 radical (unpaired) electrons. The van der Waals surface area contributed by atoms with Gasteiger partial charge in [0.05, 0.1) is 13.7 Å². The molecule has 0 fully saturated rings. The van der Waals surface area contributed by atoms with Gasteiger partial charge in [0.15, 0.2) is 5.96 Å². The number of likely N-dealkylation sites (N-methyl/N-ethyl adjacent to an activating group) is 1. The predicted octanol–water partition coefficient (Wildman–Crippen LogP) is 2.95. The number of amides is 1. The smallest absolute Gasteiger partial charge is 0.243 e. The van der Waals surface area contributed by atoms with Crippen LogP contribution in [0.2, 0.25) is 0 Å². The molecule has 0 spiro atoms. The molecule has 1 unspecified atom stereocenters. The topological polar surface area (TPSA) is 75.2 Å². The summed E-state index contributed by atoms with van der Waals surface area (Å²) in [6, 6.07) is 17.7. The normalized spacial score (nSPS) is 11.7. The lowest BCUT2D eigenvalue weighted by molar-refractivity contribution is -0.127. The van der Waals surface area contributed by atoms with Crippen molar-refractivity contribution in [1.82, 2.24) is 15.5 Å². The first-order valence-electron chi connectivity index (χ1n) is 10.0. The van der Waals surface area contributed by atoms with Crippen molar-refractivity contribution in [3.63, 3.8) is 0 Å². The Balaban J connectivity index is 0.00000480. The molecule has 7 nitrogen and oxygen atoms in total. The second kappa shape index (κ2) is 14.5. The van der Waals surface area contributed by atoms with Crippen molar-refractivity contribution in [1.29, 1.82) is 0 Å². The molecule has 170 valence electrons. The summed E-state index contributed by atoms with van der Waals surface area (Å²) < 4.78 is 11.2. The van der Waals surface area contributed by atoms with Crippen LogP contribution < -0.4 is 20.1 Å². The third kappa shape index (κ3) is 10.4.